The molecule has 5 nitrogen and oxygen atoms in total. The zero-order valence-corrected chi connectivity index (χ0v) is 12.9. The van der Waals surface area contributed by atoms with E-state index >= 15 is 0 Å². The van der Waals surface area contributed by atoms with Crippen LogP contribution < -0.4 is 5.32 Å². The molecule has 0 saturated carbocycles. The van der Waals surface area contributed by atoms with Crippen LogP contribution in [0, 0.1) is 12.7 Å². The second-order valence-corrected chi connectivity index (χ2v) is 5.29. The fraction of sp³-hybridized carbons (Fsp3) is 0.312. The molecule has 1 aromatic carbocycles. The quantitative estimate of drug-likeness (QED) is 0.917. The maximum Gasteiger partial charge on any atom is 0.271 e. The molecule has 116 valence electrons. The molecule has 1 atom stereocenters. The Morgan fingerprint density at radius 3 is 2.68 bits per heavy atom. The van der Waals surface area contributed by atoms with E-state index in [2.05, 4.69) is 15.3 Å². The maximum absolute atomic E-state index is 13.4. The van der Waals surface area contributed by atoms with Crippen molar-refractivity contribution in [3.05, 3.63) is 59.4 Å². The van der Waals surface area contributed by atoms with Crippen molar-refractivity contribution in [2.45, 2.75) is 13.0 Å². The molecule has 0 unspecified atom stereocenters. The SMILES string of the molecule is Cc1cnc(C(=O)NC[C@H](c2cccc(F)c2)N(C)C)cn1. The van der Waals surface area contributed by atoms with E-state index in [1.165, 1.54) is 18.3 Å². The van der Waals surface area contributed by atoms with E-state index in [-0.39, 0.29) is 23.5 Å². The molecule has 1 N–H and O–H groups in total. The first-order valence-electron chi connectivity index (χ1n) is 6.96. The number of rotatable bonds is 5. The molecule has 1 amide bonds. The average Bonchev–Trinajstić information content (AvgIpc) is 2.47. The lowest BCUT2D eigenvalue weighted by Gasteiger charge is -2.25. The summed E-state index contributed by atoms with van der Waals surface area (Å²) in [6.07, 6.45) is 2.99. The molecule has 0 saturated heterocycles. The third kappa shape index (κ3) is 4.08. The molecule has 0 aliphatic carbocycles. The molecule has 0 spiro atoms. The van der Waals surface area contributed by atoms with Crippen molar-refractivity contribution in [2.75, 3.05) is 20.6 Å². The first kappa shape index (κ1) is 16.0. The monoisotopic (exact) mass is 302 g/mol. The molecule has 1 heterocycles. The van der Waals surface area contributed by atoms with Crippen LogP contribution in [0.25, 0.3) is 0 Å². The standard InChI is InChI=1S/C16H19FN4O/c1-11-8-19-14(9-18-11)16(22)20-10-15(21(2)3)12-5-4-6-13(17)7-12/h4-9,15H,10H2,1-3H3,(H,20,22)/t15-/m1/s1. The second-order valence-electron chi connectivity index (χ2n) is 5.29. The smallest absolute Gasteiger partial charge is 0.271 e. The van der Waals surface area contributed by atoms with Crippen LogP contribution in [0.4, 0.5) is 4.39 Å². The summed E-state index contributed by atoms with van der Waals surface area (Å²) in [6.45, 7) is 2.16. The highest BCUT2D eigenvalue weighted by atomic mass is 19.1. The molecule has 0 bridgehead atoms. The van der Waals surface area contributed by atoms with Crippen LogP contribution in [0.15, 0.2) is 36.7 Å². The number of carbonyl (C=O) groups excluding carboxylic acids is 1. The van der Waals surface area contributed by atoms with Gasteiger partial charge >= 0.3 is 0 Å². The first-order valence-corrected chi connectivity index (χ1v) is 6.96. The molecule has 6 heteroatoms. The predicted octanol–water partition coefficient (Wildman–Crippen LogP) is 1.96. The fourth-order valence-electron chi connectivity index (χ4n) is 2.10. The highest BCUT2D eigenvalue weighted by Gasteiger charge is 2.17. The lowest BCUT2D eigenvalue weighted by molar-refractivity contribution is 0.0936. The van der Waals surface area contributed by atoms with Gasteiger partial charge in [-0.2, -0.15) is 0 Å². The largest absolute Gasteiger partial charge is 0.349 e. The number of halogens is 1. The summed E-state index contributed by atoms with van der Waals surface area (Å²) in [5.41, 5.74) is 1.82. The van der Waals surface area contributed by atoms with Crippen molar-refractivity contribution in [1.82, 2.24) is 20.2 Å². The molecule has 0 aliphatic rings. The molecule has 2 rings (SSSR count). The van der Waals surface area contributed by atoms with Gasteiger partial charge in [-0.15, -0.1) is 0 Å². The number of nitrogens with one attached hydrogen (secondary N) is 1. The summed E-state index contributed by atoms with van der Waals surface area (Å²) in [5, 5.41) is 2.81. The van der Waals surface area contributed by atoms with Gasteiger partial charge in [0, 0.05) is 12.7 Å². The van der Waals surface area contributed by atoms with Crippen molar-refractivity contribution in [3.63, 3.8) is 0 Å². The van der Waals surface area contributed by atoms with E-state index in [0.29, 0.717) is 6.54 Å². The van der Waals surface area contributed by atoms with Gasteiger partial charge in [0.25, 0.3) is 5.91 Å². The van der Waals surface area contributed by atoms with Crippen LogP contribution in [0.1, 0.15) is 27.8 Å². The normalized spacial score (nSPS) is 12.2. The summed E-state index contributed by atoms with van der Waals surface area (Å²) in [7, 11) is 3.76. The van der Waals surface area contributed by atoms with E-state index in [1.807, 2.05) is 25.1 Å². The zero-order chi connectivity index (χ0) is 16.1. The predicted molar refractivity (Wildman–Crippen MR) is 81.9 cm³/mol. The number of carbonyl (C=O) groups is 1. The number of nitrogens with zero attached hydrogens (tertiary/aromatic N) is 3. The Balaban J connectivity index is 2.06. The number of benzene rings is 1. The lowest BCUT2D eigenvalue weighted by Crippen LogP contribution is -2.35. The zero-order valence-electron chi connectivity index (χ0n) is 12.9. The number of hydrogen-bond donors (Lipinski definition) is 1. The summed E-state index contributed by atoms with van der Waals surface area (Å²) in [5.74, 6) is -0.587. The first-order chi connectivity index (χ1) is 10.5. The van der Waals surface area contributed by atoms with E-state index in [1.54, 1.807) is 19.2 Å². The molecular formula is C16H19FN4O. The van der Waals surface area contributed by atoms with E-state index in [0.717, 1.165) is 11.3 Å². The van der Waals surface area contributed by atoms with Crippen LogP contribution in [0.2, 0.25) is 0 Å². The van der Waals surface area contributed by atoms with Gasteiger partial charge in [-0.25, -0.2) is 9.37 Å². The molecule has 2 aromatic rings. The van der Waals surface area contributed by atoms with Crippen molar-refractivity contribution in [2.24, 2.45) is 0 Å². The number of amides is 1. The minimum absolute atomic E-state index is 0.127. The number of aryl methyl sites for hydroxylation is 1. The summed E-state index contributed by atoms with van der Waals surface area (Å²) in [4.78, 5) is 22.1. The summed E-state index contributed by atoms with van der Waals surface area (Å²) >= 11 is 0. The van der Waals surface area contributed by atoms with Crippen LogP contribution in [0.5, 0.6) is 0 Å². The van der Waals surface area contributed by atoms with E-state index in [4.69, 9.17) is 0 Å². The second kappa shape index (κ2) is 7.09. The number of hydrogen-bond acceptors (Lipinski definition) is 4. The van der Waals surface area contributed by atoms with Crippen LogP contribution in [-0.4, -0.2) is 41.4 Å². The third-order valence-corrected chi connectivity index (χ3v) is 3.33. The number of aromatic nitrogens is 2. The van der Waals surface area contributed by atoms with Gasteiger partial charge in [0.05, 0.1) is 17.9 Å². The lowest BCUT2D eigenvalue weighted by atomic mass is 10.1. The Morgan fingerprint density at radius 2 is 2.09 bits per heavy atom. The van der Waals surface area contributed by atoms with Gasteiger partial charge in [-0.1, -0.05) is 12.1 Å². The molecule has 0 aliphatic heterocycles. The highest BCUT2D eigenvalue weighted by Crippen LogP contribution is 2.18. The van der Waals surface area contributed by atoms with Gasteiger partial charge in [-0.3, -0.25) is 9.78 Å². The summed E-state index contributed by atoms with van der Waals surface area (Å²) in [6, 6.07) is 6.25. The molecule has 22 heavy (non-hydrogen) atoms. The van der Waals surface area contributed by atoms with E-state index < -0.39 is 0 Å². The molecule has 0 radical (unpaired) electrons. The van der Waals surface area contributed by atoms with Crippen molar-refractivity contribution in [3.8, 4) is 0 Å². The van der Waals surface area contributed by atoms with Gasteiger partial charge in [0.2, 0.25) is 0 Å². The Kier molecular flexibility index (Phi) is 5.16. The van der Waals surface area contributed by atoms with Gasteiger partial charge in [-0.05, 0) is 38.7 Å². The minimum atomic E-state index is -0.296. The molecule has 1 aromatic heterocycles. The van der Waals surface area contributed by atoms with Gasteiger partial charge in [0.1, 0.15) is 11.5 Å². The van der Waals surface area contributed by atoms with E-state index in [9.17, 15) is 9.18 Å². The maximum atomic E-state index is 13.4. The van der Waals surface area contributed by atoms with Gasteiger partial charge < -0.3 is 10.2 Å². The van der Waals surface area contributed by atoms with Crippen molar-refractivity contribution >= 4 is 5.91 Å². The van der Waals surface area contributed by atoms with Crippen molar-refractivity contribution in [1.29, 1.82) is 0 Å². The van der Waals surface area contributed by atoms with Crippen LogP contribution in [-0.2, 0) is 0 Å². The fourth-order valence-corrected chi connectivity index (χ4v) is 2.10. The van der Waals surface area contributed by atoms with Crippen LogP contribution >= 0.6 is 0 Å². The van der Waals surface area contributed by atoms with Crippen molar-refractivity contribution < 1.29 is 9.18 Å². The van der Waals surface area contributed by atoms with Crippen LogP contribution in [0.3, 0.4) is 0 Å². The highest BCUT2D eigenvalue weighted by molar-refractivity contribution is 5.91. The Morgan fingerprint density at radius 1 is 1.32 bits per heavy atom. The summed E-state index contributed by atoms with van der Waals surface area (Å²) < 4.78 is 13.4. The van der Waals surface area contributed by atoms with Gasteiger partial charge in [0.15, 0.2) is 0 Å². The molecule has 0 fully saturated rings. The Bertz CT molecular complexity index is 643. The average molecular weight is 302 g/mol. The molecular weight excluding hydrogens is 283 g/mol. The minimum Gasteiger partial charge on any atom is -0.349 e. The third-order valence-electron chi connectivity index (χ3n) is 3.33. The Labute approximate surface area is 129 Å². The number of likely N-dealkylation sites (N-methyl/N-ethyl adjacent to an activating group) is 1. The topological polar surface area (TPSA) is 58.1 Å². The Hall–Kier alpha value is -2.34.